The molecule has 1 aliphatic rings. The van der Waals surface area contributed by atoms with Gasteiger partial charge in [0.15, 0.2) is 28.8 Å². The lowest BCUT2D eigenvalue weighted by atomic mass is 9.85. The number of ether oxygens (including phenoxy) is 5. The third-order valence-electron chi connectivity index (χ3n) is 5.41. The van der Waals surface area contributed by atoms with Gasteiger partial charge in [-0.3, -0.25) is 4.79 Å². The van der Waals surface area contributed by atoms with Crippen LogP contribution in [0.5, 0.6) is 28.7 Å². The molecule has 0 aromatic heterocycles. The zero-order valence-electron chi connectivity index (χ0n) is 17.7. The van der Waals surface area contributed by atoms with Crippen LogP contribution in [-0.2, 0) is 0 Å². The maximum Gasteiger partial charge on any atom is 0.231 e. The smallest absolute Gasteiger partial charge is 0.231 e. The molecule has 0 saturated carbocycles. The topological polar surface area (TPSA) is 63.2 Å². The summed E-state index contributed by atoms with van der Waals surface area (Å²) in [6.07, 6.45) is 0.279. The van der Waals surface area contributed by atoms with Gasteiger partial charge in [0.2, 0.25) is 6.79 Å². The molecule has 3 aromatic carbocycles. The lowest BCUT2D eigenvalue weighted by molar-refractivity contribution is 0.0977. The summed E-state index contributed by atoms with van der Waals surface area (Å²) in [4.78, 5) is 13.2. The Labute approximate surface area is 181 Å². The Morgan fingerprint density at radius 2 is 1.48 bits per heavy atom. The molecule has 0 bridgehead atoms. The third kappa shape index (κ3) is 4.28. The van der Waals surface area contributed by atoms with Crippen molar-refractivity contribution in [1.82, 2.24) is 0 Å². The van der Waals surface area contributed by atoms with Gasteiger partial charge in [-0.2, -0.15) is 0 Å². The van der Waals surface area contributed by atoms with E-state index in [1.54, 1.807) is 45.6 Å². The molecular formula is C25H24O6. The predicted molar refractivity (Wildman–Crippen MR) is 116 cm³/mol. The molecule has 3 aromatic rings. The molecule has 1 aliphatic heterocycles. The summed E-state index contributed by atoms with van der Waals surface area (Å²) in [6, 6.07) is 18.7. The summed E-state index contributed by atoms with van der Waals surface area (Å²) in [5.74, 6) is 3.17. The molecule has 0 aliphatic carbocycles. The van der Waals surface area contributed by atoms with E-state index in [1.807, 2.05) is 36.4 Å². The fourth-order valence-corrected chi connectivity index (χ4v) is 3.71. The summed E-state index contributed by atoms with van der Waals surface area (Å²) in [5.41, 5.74) is 2.53. The second-order valence-corrected chi connectivity index (χ2v) is 7.14. The number of benzene rings is 3. The number of hydrogen-bond acceptors (Lipinski definition) is 6. The molecule has 0 N–H and O–H groups in total. The standard InChI is InChI=1S/C25H24O6/c1-27-19-8-4-16(5-9-19)21(26)14-20(17-6-10-22(28-2)24(12-17)29-3)18-7-11-23-25(13-18)31-15-30-23/h4-13,20H,14-15H2,1-3H3. The van der Waals surface area contributed by atoms with Gasteiger partial charge < -0.3 is 23.7 Å². The van der Waals surface area contributed by atoms with Crippen molar-refractivity contribution < 1.29 is 28.5 Å². The van der Waals surface area contributed by atoms with Crippen LogP contribution in [0.3, 0.4) is 0 Å². The second-order valence-electron chi connectivity index (χ2n) is 7.14. The monoisotopic (exact) mass is 420 g/mol. The van der Waals surface area contributed by atoms with Crippen LogP contribution in [0.25, 0.3) is 0 Å². The van der Waals surface area contributed by atoms with Crippen LogP contribution in [0.2, 0.25) is 0 Å². The molecule has 1 unspecified atom stereocenters. The van der Waals surface area contributed by atoms with Gasteiger partial charge in [0.25, 0.3) is 0 Å². The minimum Gasteiger partial charge on any atom is -0.497 e. The molecule has 0 amide bonds. The number of Topliss-reactive ketones (excluding diaryl/α,β-unsaturated/α-hetero) is 1. The number of carbonyl (C=O) groups is 1. The van der Waals surface area contributed by atoms with Crippen LogP contribution in [-0.4, -0.2) is 33.9 Å². The summed E-state index contributed by atoms with van der Waals surface area (Å²) >= 11 is 0. The van der Waals surface area contributed by atoms with Crippen molar-refractivity contribution in [2.75, 3.05) is 28.1 Å². The van der Waals surface area contributed by atoms with E-state index in [4.69, 9.17) is 23.7 Å². The molecule has 4 rings (SSSR count). The Kier molecular flexibility index (Phi) is 5.98. The molecule has 0 radical (unpaired) electrons. The molecule has 31 heavy (non-hydrogen) atoms. The molecule has 1 heterocycles. The highest BCUT2D eigenvalue weighted by molar-refractivity contribution is 5.97. The largest absolute Gasteiger partial charge is 0.497 e. The molecule has 160 valence electrons. The second kappa shape index (κ2) is 9.00. The lowest BCUT2D eigenvalue weighted by Crippen LogP contribution is -2.10. The summed E-state index contributed by atoms with van der Waals surface area (Å²) in [6.45, 7) is 0.199. The first kappa shape index (κ1) is 20.6. The van der Waals surface area contributed by atoms with E-state index in [0.29, 0.717) is 34.3 Å². The molecule has 1 atom stereocenters. The van der Waals surface area contributed by atoms with Gasteiger partial charge in [-0.1, -0.05) is 12.1 Å². The van der Waals surface area contributed by atoms with Crippen LogP contribution >= 0.6 is 0 Å². The first-order valence-corrected chi connectivity index (χ1v) is 9.91. The van der Waals surface area contributed by atoms with E-state index >= 15 is 0 Å². The Morgan fingerprint density at radius 3 is 2.19 bits per heavy atom. The number of ketones is 1. The van der Waals surface area contributed by atoms with Crippen molar-refractivity contribution in [3.8, 4) is 28.7 Å². The van der Waals surface area contributed by atoms with E-state index in [9.17, 15) is 4.79 Å². The van der Waals surface area contributed by atoms with E-state index in [0.717, 1.165) is 11.1 Å². The van der Waals surface area contributed by atoms with Crippen molar-refractivity contribution >= 4 is 5.78 Å². The maximum absolute atomic E-state index is 13.2. The van der Waals surface area contributed by atoms with Crippen molar-refractivity contribution in [1.29, 1.82) is 0 Å². The summed E-state index contributed by atoms with van der Waals surface area (Å²) in [7, 11) is 4.79. The van der Waals surface area contributed by atoms with Crippen LogP contribution in [0.1, 0.15) is 33.8 Å². The SMILES string of the molecule is COc1ccc(C(=O)CC(c2ccc(OC)c(OC)c2)c2ccc3c(c2)OCO3)cc1. The molecule has 0 spiro atoms. The first-order valence-electron chi connectivity index (χ1n) is 9.91. The normalized spacial score (nSPS) is 12.9. The Bertz CT molecular complexity index is 1070. The van der Waals surface area contributed by atoms with Crippen LogP contribution in [0.4, 0.5) is 0 Å². The van der Waals surface area contributed by atoms with Gasteiger partial charge >= 0.3 is 0 Å². The molecular weight excluding hydrogens is 396 g/mol. The maximum atomic E-state index is 13.2. The van der Waals surface area contributed by atoms with Crippen LogP contribution < -0.4 is 23.7 Å². The first-order chi connectivity index (χ1) is 15.1. The zero-order valence-corrected chi connectivity index (χ0v) is 17.7. The van der Waals surface area contributed by atoms with Crippen LogP contribution in [0, 0.1) is 0 Å². The number of rotatable bonds is 8. The lowest BCUT2D eigenvalue weighted by Gasteiger charge is -2.20. The molecule has 0 fully saturated rings. The highest BCUT2D eigenvalue weighted by atomic mass is 16.7. The van der Waals surface area contributed by atoms with Gasteiger partial charge in [-0.05, 0) is 59.7 Å². The molecule has 6 heteroatoms. The number of methoxy groups -OCH3 is 3. The predicted octanol–water partition coefficient (Wildman–Crippen LogP) is 4.85. The van der Waals surface area contributed by atoms with E-state index < -0.39 is 0 Å². The minimum absolute atomic E-state index is 0.0279. The molecule has 0 saturated heterocycles. The van der Waals surface area contributed by atoms with Gasteiger partial charge in [-0.15, -0.1) is 0 Å². The van der Waals surface area contributed by atoms with E-state index in [2.05, 4.69) is 0 Å². The highest BCUT2D eigenvalue weighted by Crippen LogP contribution is 2.40. The third-order valence-corrected chi connectivity index (χ3v) is 5.41. The average Bonchev–Trinajstić information content (AvgIpc) is 3.30. The van der Waals surface area contributed by atoms with Crippen molar-refractivity contribution in [2.45, 2.75) is 12.3 Å². The van der Waals surface area contributed by atoms with Gasteiger partial charge in [-0.25, -0.2) is 0 Å². The number of fused-ring (bicyclic) bond motifs is 1. The van der Waals surface area contributed by atoms with E-state index in [-0.39, 0.29) is 24.9 Å². The summed E-state index contributed by atoms with van der Waals surface area (Å²) < 4.78 is 27.0. The summed E-state index contributed by atoms with van der Waals surface area (Å²) in [5, 5.41) is 0. The van der Waals surface area contributed by atoms with Gasteiger partial charge in [0.05, 0.1) is 21.3 Å². The average molecular weight is 420 g/mol. The quantitative estimate of drug-likeness (QED) is 0.486. The fraction of sp³-hybridized carbons (Fsp3) is 0.240. The highest BCUT2D eigenvalue weighted by Gasteiger charge is 2.24. The zero-order chi connectivity index (χ0) is 21.8. The van der Waals surface area contributed by atoms with E-state index in [1.165, 1.54) is 0 Å². The Hall–Kier alpha value is -3.67. The van der Waals surface area contributed by atoms with Gasteiger partial charge in [0.1, 0.15) is 5.75 Å². The minimum atomic E-state index is -0.205. The van der Waals surface area contributed by atoms with Gasteiger partial charge in [0, 0.05) is 17.9 Å². The fourth-order valence-electron chi connectivity index (χ4n) is 3.71. The number of carbonyl (C=O) groups excluding carboxylic acids is 1. The molecule has 6 nitrogen and oxygen atoms in total. The Morgan fingerprint density at radius 1 is 0.806 bits per heavy atom. The van der Waals surface area contributed by atoms with Crippen LogP contribution in [0.15, 0.2) is 60.7 Å². The van der Waals surface area contributed by atoms with Crippen molar-refractivity contribution in [2.24, 2.45) is 0 Å². The number of hydrogen-bond donors (Lipinski definition) is 0. The van der Waals surface area contributed by atoms with Crippen molar-refractivity contribution in [3.05, 3.63) is 77.4 Å². The Balaban J connectivity index is 1.71. The van der Waals surface area contributed by atoms with Crippen molar-refractivity contribution in [3.63, 3.8) is 0 Å².